The van der Waals surface area contributed by atoms with Crippen LogP contribution in [0.2, 0.25) is 0 Å². The Kier molecular flexibility index (Phi) is 5.03. The lowest BCUT2D eigenvalue weighted by atomic mass is 9.93. The van der Waals surface area contributed by atoms with Crippen molar-refractivity contribution in [3.8, 4) is 11.8 Å². The monoisotopic (exact) mass is 272 g/mol. The van der Waals surface area contributed by atoms with Gasteiger partial charge in [0.1, 0.15) is 6.61 Å². The molecule has 0 spiro atoms. The van der Waals surface area contributed by atoms with E-state index in [2.05, 4.69) is 22.5 Å². The Morgan fingerprint density at radius 3 is 2.65 bits per heavy atom. The van der Waals surface area contributed by atoms with Crippen molar-refractivity contribution >= 4 is 6.03 Å². The van der Waals surface area contributed by atoms with Gasteiger partial charge in [-0.15, -0.1) is 0 Å². The van der Waals surface area contributed by atoms with E-state index in [4.69, 9.17) is 5.11 Å². The highest BCUT2D eigenvalue weighted by Gasteiger charge is 2.20. The van der Waals surface area contributed by atoms with Gasteiger partial charge >= 0.3 is 6.03 Å². The summed E-state index contributed by atoms with van der Waals surface area (Å²) in [5, 5.41) is 14.5. The number of aliphatic hydroxyl groups is 1. The van der Waals surface area contributed by atoms with Gasteiger partial charge in [0.15, 0.2) is 0 Å². The summed E-state index contributed by atoms with van der Waals surface area (Å²) in [7, 11) is 0. The Balaban J connectivity index is 1.87. The van der Waals surface area contributed by atoms with E-state index < -0.39 is 0 Å². The van der Waals surface area contributed by atoms with Crippen LogP contribution >= 0.6 is 0 Å². The molecule has 1 aliphatic rings. The first-order chi connectivity index (χ1) is 9.69. The highest BCUT2D eigenvalue weighted by Crippen LogP contribution is 2.18. The van der Waals surface area contributed by atoms with Gasteiger partial charge in [0.2, 0.25) is 0 Å². The summed E-state index contributed by atoms with van der Waals surface area (Å²) in [5.41, 5.74) is 1.89. The number of carbonyl (C=O) groups excluding carboxylic acids is 1. The van der Waals surface area contributed by atoms with Gasteiger partial charge in [0, 0.05) is 11.6 Å². The first-order valence-corrected chi connectivity index (χ1v) is 6.96. The molecule has 1 aliphatic carbocycles. The maximum absolute atomic E-state index is 11.8. The van der Waals surface area contributed by atoms with Crippen molar-refractivity contribution in [1.82, 2.24) is 10.6 Å². The maximum Gasteiger partial charge on any atom is 0.315 e. The minimum absolute atomic E-state index is 0.0464. The number of aliphatic hydroxyl groups excluding tert-OH is 1. The summed E-state index contributed by atoms with van der Waals surface area (Å²) in [6, 6.07) is 7.85. The summed E-state index contributed by atoms with van der Waals surface area (Å²) < 4.78 is 0. The highest BCUT2D eigenvalue weighted by atomic mass is 16.2. The molecule has 0 radical (unpaired) electrons. The van der Waals surface area contributed by atoms with Crippen molar-refractivity contribution in [2.24, 2.45) is 0 Å². The van der Waals surface area contributed by atoms with E-state index in [1.807, 2.05) is 31.2 Å². The second-order valence-electron chi connectivity index (χ2n) is 5.05. The lowest BCUT2D eigenvalue weighted by Gasteiger charge is -2.27. The topological polar surface area (TPSA) is 61.4 Å². The van der Waals surface area contributed by atoms with Crippen LogP contribution in [0.3, 0.4) is 0 Å². The third kappa shape index (κ3) is 4.01. The molecule has 3 N–H and O–H groups in total. The number of amides is 2. The Bertz CT molecular complexity index is 510. The normalized spacial score (nSPS) is 15.5. The molecule has 1 fully saturated rings. The van der Waals surface area contributed by atoms with E-state index in [1.165, 1.54) is 6.42 Å². The van der Waals surface area contributed by atoms with Crippen LogP contribution in [0, 0.1) is 11.8 Å². The molecule has 1 saturated carbocycles. The van der Waals surface area contributed by atoms with Gasteiger partial charge in [-0.3, -0.25) is 0 Å². The molecule has 0 aliphatic heterocycles. The first-order valence-electron chi connectivity index (χ1n) is 6.96. The van der Waals surface area contributed by atoms with Crippen molar-refractivity contribution in [2.75, 3.05) is 6.61 Å². The van der Waals surface area contributed by atoms with E-state index in [9.17, 15) is 4.79 Å². The zero-order chi connectivity index (χ0) is 14.4. The summed E-state index contributed by atoms with van der Waals surface area (Å²) in [5.74, 6) is 5.45. The van der Waals surface area contributed by atoms with E-state index in [0.717, 1.165) is 24.0 Å². The minimum Gasteiger partial charge on any atom is -0.384 e. The van der Waals surface area contributed by atoms with Crippen LogP contribution in [-0.2, 0) is 0 Å². The molecule has 0 aromatic heterocycles. The molecule has 0 saturated heterocycles. The summed E-state index contributed by atoms with van der Waals surface area (Å²) in [6.45, 7) is 1.82. The number of urea groups is 1. The fourth-order valence-electron chi connectivity index (χ4n) is 2.06. The smallest absolute Gasteiger partial charge is 0.315 e. The molecule has 20 heavy (non-hydrogen) atoms. The second-order valence-corrected chi connectivity index (χ2v) is 5.05. The van der Waals surface area contributed by atoms with E-state index in [-0.39, 0.29) is 18.7 Å². The number of rotatable bonds is 3. The summed E-state index contributed by atoms with van der Waals surface area (Å²) >= 11 is 0. The number of nitrogens with one attached hydrogen (secondary N) is 2. The minimum atomic E-state index is -0.138. The Morgan fingerprint density at radius 1 is 1.40 bits per heavy atom. The van der Waals surface area contributed by atoms with E-state index in [1.54, 1.807) is 0 Å². The Morgan fingerprint density at radius 2 is 2.10 bits per heavy atom. The van der Waals surface area contributed by atoms with Gasteiger partial charge in [0.05, 0.1) is 6.04 Å². The van der Waals surface area contributed by atoms with Gasteiger partial charge in [-0.25, -0.2) is 4.79 Å². The molecule has 2 amide bonds. The van der Waals surface area contributed by atoms with Crippen molar-refractivity contribution in [3.05, 3.63) is 35.4 Å². The average molecular weight is 272 g/mol. The third-order valence-electron chi connectivity index (χ3n) is 3.51. The molecule has 1 aromatic rings. The predicted molar refractivity (Wildman–Crippen MR) is 78.1 cm³/mol. The molecule has 0 heterocycles. The molecule has 106 valence electrons. The van der Waals surface area contributed by atoms with Crippen LogP contribution in [-0.4, -0.2) is 23.8 Å². The third-order valence-corrected chi connectivity index (χ3v) is 3.51. The standard InChI is InChI=1S/C16H20N2O2/c1-12(17-16(20)18-15-5-2-6-15)14-9-7-13(8-10-14)4-3-11-19/h7-10,12,15,19H,2,5-6,11H2,1H3,(H2,17,18,20). The number of hydrogen-bond acceptors (Lipinski definition) is 2. The average Bonchev–Trinajstić information content (AvgIpc) is 2.41. The molecule has 4 heteroatoms. The number of hydrogen-bond donors (Lipinski definition) is 3. The quantitative estimate of drug-likeness (QED) is 0.736. The zero-order valence-corrected chi connectivity index (χ0v) is 11.6. The number of benzene rings is 1. The Labute approximate surface area is 119 Å². The molecule has 2 rings (SSSR count). The lowest BCUT2D eigenvalue weighted by Crippen LogP contribution is -2.45. The van der Waals surface area contributed by atoms with Gasteiger partial charge in [-0.2, -0.15) is 0 Å². The lowest BCUT2D eigenvalue weighted by molar-refractivity contribution is 0.225. The van der Waals surface area contributed by atoms with Crippen LogP contribution in [0.4, 0.5) is 4.79 Å². The fourth-order valence-corrected chi connectivity index (χ4v) is 2.06. The van der Waals surface area contributed by atoms with Crippen LogP contribution in [0.25, 0.3) is 0 Å². The van der Waals surface area contributed by atoms with Crippen LogP contribution in [0.15, 0.2) is 24.3 Å². The Hall–Kier alpha value is -1.99. The number of carbonyl (C=O) groups is 1. The van der Waals surface area contributed by atoms with Crippen LogP contribution in [0.1, 0.15) is 43.4 Å². The van der Waals surface area contributed by atoms with E-state index in [0.29, 0.717) is 6.04 Å². The first kappa shape index (κ1) is 14.4. The second kappa shape index (κ2) is 6.97. The summed E-state index contributed by atoms with van der Waals surface area (Å²) in [4.78, 5) is 11.8. The molecule has 1 aromatic carbocycles. The predicted octanol–water partition coefficient (Wildman–Crippen LogP) is 1.94. The van der Waals surface area contributed by atoms with Gasteiger partial charge in [-0.1, -0.05) is 24.0 Å². The van der Waals surface area contributed by atoms with Gasteiger partial charge in [0.25, 0.3) is 0 Å². The largest absolute Gasteiger partial charge is 0.384 e. The molecule has 1 unspecified atom stereocenters. The maximum atomic E-state index is 11.8. The zero-order valence-electron chi connectivity index (χ0n) is 11.6. The van der Waals surface area contributed by atoms with Gasteiger partial charge < -0.3 is 15.7 Å². The highest BCUT2D eigenvalue weighted by molar-refractivity contribution is 5.74. The van der Waals surface area contributed by atoms with Crippen molar-refractivity contribution in [2.45, 2.75) is 38.3 Å². The molecular weight excluding hydrogens is 252 g/mol. The molecule has 0 bridgehead atoms. The van der Waals surface area contributed by atoms with E-state index >= 15 is 0 Å². The van der Waals surface area contributed by atoms with Crippen molar-refractivity contribution in [3.63, 3.8) is 0 Å². The fraction of sp³-hybridized carbons (Fsp3) is 0.438. The summed E-state index contributed by atoms with van der Waals surface area (Å²) in [6.07, 6.45) is 3.37. The van der Waals surface area contributed by atoms with Crippen LogP contribution < -0.4 is 10.6 Å². The van der Waals surface area contributed by atoms with Crippen molar-refractivity contribution < 1.29 is 9.90 Å². The van der Waals surface area contributed by atoms with Gasteiger partial charge in [-0.05, 0) is 43.9 Å². The van der Waals surface area contributed by atoms with Crippen molar-refractivity contribution in [1.29, 1.82) is 0 Å². The SMILES string of the molecule is CC(NC(=O)NC1CCC1)c1ccc(C#CCO)cc1. The molecular formula is C16H20N2O2. The van der Waals surface area contributed by atoms with Crippen LogP contribution in [0.5, 0.6) is 0 Å². The molecule has 4 nitrogen and oxygen atoms in total. The molecule has 1 atom stereocenters.